The van der Waals surface area contributed by atoms with Crippen molar-refractivity contribution < 1.29 is 0 Å². The second-order valence-electron chi connectivity index (χ2n) is 4.05. The summed E-state index contributed by atoms with van der Waals surface area (Å²) in [5.74, 6) is 0.962. The number of nitrogen functional groups attached to an aromatic ring is 1. The predicted octanol–water partition coefficient (Wildman–Crippen LogP) is 2.33. The first-order chi connectivity index (χ1) is 6.75. The molecule has 0 aromatic carbocycles. The molecule has 0 spiro atoms. The molecule has 1 fully saturated rings. The van der Waals surface area contributed by atoms with E-state index < -0.39 is 0 Å². The van der Waals surface area contributed by atoms with Crippen LogP contribution in [0, 0.1) is 6.92 Å². The van der Waals surface area contributed by atoms with Crippen molar-refractivity contribution in [2.75, 3.05) is 11.1 Å². The molecule has 3 heteroatoms. The van der Waals surface area contributed by atoms with Crippen molar-refractivity contribution in [3.63, 3.8) is 0 Å². The Balaban J connectivity index is 2.05. The quantitative estimate of drug-likeness (QED) is 0.754. The third-order valence-electron chi connectivity index (χ3n) is 2.86. The van der Waals surface area contributed by atoms with Crippen LogP contribution >= 0.6 is 0 Å². The summed E-state index contributed by atoms with van der Waals surface area (Å²) < 4.78 is 0. The molecule has 0 saturated heterocycles. The molecule has 0 atom stereocenters. The third-order valence-corrected chi connectivity index (χ3v) is 2.86. The first-order valence-corrected chi connectivity index (χ1v) is 5.24. The fraction of sp³-hybridized carbons (Fsp3) is 0.545. The molecular weight excluding hydrogens is 174 g/mol. The van der Waals surface area contributed by atoms with Crippen molar-refractivity contribution >= 4 is 11.5 Å². The average molecular weight is 191 g/mol. The minimum atomic E-state index is 0.616. The van der Waals surface area contributed by atoms with Gasteiger partial charge in [0.2, 0.25) is 0 Å². The number of rotatable bonds is 2. The molecule has 3 N–H and O–H groups in total. The van der Waals surface area contributed by atoms with E-state index in [0.29, 0.717) is 6.04 Å². The summed E-state index contributed by atoms with van der Waals surface area (Å²) in [6.07, 6.45) is 6.94. The van der Waals surface area contributed by atoms with Crippen molar-refractivity contribution in [1.82, 2.24) is 4.98 Å². The first kappa shape index (κ1) is 9.31. The van der Waals surface area contributed by atoms with E-state index in [1.54, 1.807) is 6.20 Å². The number of hydrogen-bond acceptors (Lipinski definition) is 3. The van der Waals surface area contributed by atoms with E-state index in [4.69, 9.17) is 5.73 Å². The van der Waals surface area contributed by atoms with Crippen molar-refractivity contribution in [2.24, 2.45) is 0 Å². The Labute approximate surface area is 84.7 Å². The first-order valence-electron chi connectivity index (χ1n) is 5.24. The SMILES string of the molecule is Cc1cc(NC2CCCC2)ncc1N. The van der Waals surface area contributed by atoms with E-state index >= 15 is 0 Å². The Morgan fingerprint density at radius 3 is 2.79 bits per heavy atom. The summed E-state index contributed by atoms with van der Waals surface area (Å²) >= 11 is 0. The molecule has 0 unspecified atom stereocenters. The number of anilines is 2. The van der Waals surface area contributed by atoms with Gasteiger partial charge in [0.05, 0.1) is 11.9 Å². The number of pyridine rings is 1. The Hall–Kier alpha value is -1.25. The lowest BCUT2D eigenvalue weighted by Crippen LogP contribution is -2.15. The maximum absolute atomic E-state index is 5.71. The van der Waals surface area contributed by atoms with Crippen LogP contribution in [0.1, 0.15) is 31.2 Å². The number of hydrogen-bond donors (Lipinski definition) is 2. The Kier molecular flexibility index (Phi) is 2.57. The lowest BCUT2D eigenvalue weighted by molar-refractivity contribution is 0.750. The Bertz CT molecular complexity index is 316. The molecule has 1 aliphatic rings. The number of aromatic nitrogens is 1. The van der Waals surface area contributed by atoms with Crippen LogP contribution in [0.3, 0.4) is 0 Å². The molecule has 0 bridgehead atoms. The largest absolute Gasteiger partial charge is 0.397 e. The zero-order chi connectivity index (χ0) is 9.97. The van der Waals surface area contributed by atoms with Crippen LogP contribution in [-0.4, -0.2) is 11.0 Å². The van der Waals surface area contributed by atoms with Crippen molar-refractivity contribution in [2.45, 2.75) is 38.6 Å². The van der Waals surface area contributed by atoms with Crippen molar-refractivity contribution in [3.05, 3.63) is 17.8 Å². The van der Waals surface area contributed by atoms with Crippen LogP contribution in [0.15, 0.2) is 12.3 Å². The van der Waals surface area contributed by atoms with E-state index in [9.17, 15) is 0 Å². The molecule has 1 heterocycles. The van der Waals surface area contributed by atoms with Crippen molar-refractivity contribution in [1.29, 1.82) is 0 Å². The zero-order valence-electron chi connectivity index (χ0n) is 8.59. The predicted molar refractivity (Wildman–Crippen MR) is 59.3 cm³/mol. The lowest BCUT2D eigenvalue weighted by Gasteiger charge is -2.13. The molecule has 2 rings (SSSR count). The van der Waals surface area contributed by atoms with Gasteiger partial charge in [0, 0.05) is 6.04 Å². The number of nitrogens with two attached hydrogens (primary N) is 1. The van der Waals surface area contributed by atoms with E-state index in [2.05, 4.69) is 10.3 Å². The molecular formula is C11H17N3. The van der Waals surface area contributed by atoms with E-state index in [-0.39, 0.29) is 0 Å². The molecule has 14 heavy (non-hydrogen) atoms. The van der Waals surface area contributed by atoms with Crippen LogP contribution in [-0.2, 0) is 0 Å². The van der Waals surface area contributed by atoms with Crippen molar-refractivity contribution in [3.8, 4) is 0 Å². The fourth-order valence-corrected chi connectivity index (χ4v) is 1.92. The maximum Gasteiger partial charge on any atom is 0.126 e. The molecule has 1 aromatic heterocycles. The summed E-state index contributed by atoms with van der Waals surface area (Å²) in [6.45, 7) is 2.01. The lowest BCUT2D eigenvalue weighted by atomic mass is 10.2. The van der Waals surface area contributed by atoms with Gasteiger partial charge in [-0.25, -0.2) is 4.98 Å². The molecule has 0 radical (unpaired) electrons. The van der Waals surface area contributed by atoms with Crippen LogP contribution in [0.2, 0.25) is 0 Å². The minimum absolute atomic E-state index is 0.616. The molecule has 1 aromatic rings. The minimum Gasteiger partial charge on any atom is -0.397 e. The molecule has 0 amide bonds. The van der Waals surface area contributed by atoms with Gasteiger partial charge in [0.25, 0.3) is 0 Å². The van der Waals surface area contributed by atoms with Gasteiger partial charge in [0.15, 0.2) is 0 Å². The van der Waals surface area contributed by atoms with Gasteiger partial charge < -0.3 is 11.1 Å². The normalized spacial score (nSPS) is 17.2. The highest BCUT2D eigenvalue weighted by atomic mass is 15.0. The van der Waals surface area contributed by atoms with Gasteiger partial charge in [-0.15, -0.1) is 0 Å². The van der Waals surface area contributed by atoms with Crippen LogP contribution in [0.5, 0.6) is 0 Å². The smallest absolute Gasteiger partial charge is 0.126 e. The van der Waals surface area contributed by atoms with Crippen LogP contribution < -0.4 is 11.1 Å². The third kappa shape index (κ3) is 1.97. The van der Waals surface area contributed by atoms with E-state index in [1.807, 2.05) is 13.0 Å². The van der Waals surface area contributed by atoms with E-state index in [1.165, 1.54) is 25.7 Å². The highest BCUT2D eigenvalue weighted by molar-refractivity contribution is 5.51. The van der Waals surface area contributed by atoms with E-state index in [0.717, 1.165) is 17.1 Å². The summed E-state index contributed by atoms with van der Waals surface area (Å²) in [7, 11) is 0. The summed E-state index contributed by atoms with van der Waals surface area (Å²) in [4.78, 5) is 4.27. The molecule has 1 aliphatic carbocycles. The zero-order valence-corrected chi connectivity index (χ0v) is 8.59. The Morgan fingerprint density at radius 1 is 1.43 bits per heavy atom. The summed E-state index contributed by atoms with van der Waals surface area (Å²) in [5.41, 5.74) is 7.57. The topological polar surface area (TPSA) is 50.9 Å². The van der Waals surface area contributed by atoms with Gasteiger partial charge in [-0.2, -0.15) is 0 Å². The molecule has 76 valence electrons. The van der Waals surface area contributed by atoms with Gasteiger partial charge in [0.1, 0.15) is 5.82 Å². The second kappa shape index (κ2) is 3.86. The van der Waals surface area contributed by atoms with Gasteiger partial charge >= 0.3 is 0 Å². The highest BCUT2D eigenvalue weighted by Gasteiger charge is 2.14. The standard InChI is InChI=1S/C11H17N3/c1-8-6-11(13-7-10(8)12)14-9-4-2-3-5-9/h6-7,9H,2-5,12H2,1H3,(H,13,14). The summed E-state index contributed by atoms with van der Waals surface area (Å²) in [5, 5.41) is 3.44. The van der Waals surface area contributed by atoms with Crippen LogP contribution in [0.25, 0.3) is 0 Å². The molecule has 0 aliphatic heterocycles. The fourth-order valence-electron chi connectivity index (χ4n) is 1.92. The van der Waals surface area contributed by atoms with Gasteiger partial charge in [-0.3, -0.25) is 0 Å². The maximum atomic E-state index is 5.71. The number of nitrogens with zero attached hydrogens (tertiary/aromatic N) is 1. The van der Waals surface area contributed by atoms with Gasteiger partial charge in [-0.1, -0.05) is 12.8 Å². The van der Waals surface area contributed by atoms with Gasteiger partial charge in [-0.05, 0) is 31.4 Å². The van der Waals surface area contributed by atoms with Crippen LogP contribution in [0.4, 0.5) is 11.5 Å². The summed E-state index contributed by atoms with van der Waals surface area (Å²) in [6, 6.07) is 2.64. The molecule has 1 saturated carbocycles. The molecule has 3 nitrogen and oxygen atoms in total. The monoisotopic (exact) mass is 191 g/mol. The average Bonchev–Trinajstić information content (AvgIpc) is 2.64. The number of aryl methyl sites for hydroxylation is 1. The number of nitrogens with one attached hydrogen (secondary N) is 1. The highest BCUT2D eigenvalue weighted by Crippen LogP contribution is 2.22. The Morgan fingerprint density at radius 2 is 2.14 bits per heavy atom. The second-order valence-corrected chi connectivity index (χ2v) is 4.05.